The van der Waals surface area contributed by atoms with E-state index in [1.165, 1.54) is 12.4 Å². The van der Waals surface area contributed by atoms with Gasteiger partial charge in [0.25, 0.3) is 0 Å². The average Bonchev–Trinajstić information content (AvgIpc) is 3.39. The van der Waals surface area contributed by atoms with Crippen LogP contribution < -0.4 is 0 Å². The number of rotatable bonds is 3. The highest BCUT2D eigenvalue weighted by molar-refractivity contribution is 5.76. The van der Waals surface area contributed by atoms with E-state index in [2.05, 4.69) is 15.2 Å². The standard InChI is InChI=1S/C22H23F3N6O/c23-22(24,25)18-6-14(1-2-16(18)9-26)5-15-7-21(8-15)11-31(12-21)20(32)30-4-3-17(10-30)19-27-13-28-29-19/h1-2,6,13,15,17H,3-5,7-8,10-12H2,(H,27,28,29)/t17-/m0/s1. The molecule has 1 N–H and O–H groups in total. The number of nitrogens with zero attached hydrogens (tertiary/aromatic N) is 5. The zero-order valence-corrected chi connectivity index (χ0v) is 17.4. The number of halogens is 3. The van der Waals surface area contributed by atoms with Gasteiger partial charge >= 0.3 is 12.2 Å². The monoisotopic (exact) mass is 444 g/mol. The summed E-state index contributed by atoms with van der Waals surface area (Å²) < 4.78 is 39.6. The number of benzene rings is 1. The summed E-state index contributed by atoms with van der Waals surface area (Å²) in [6, 6.07) is 5.67. The third-order valence-electron chi connectivity index (χ3n) is 7.08. The minimum absolute atomic E-state index is 0.0583. The molecule has 1 aromatic heterocycles. The molecule has 2 saturated heterocycles. The first-order valence-electron chi connectivity index (χ1n) is 10.8. The first-order chi connectivity index (χ1) is 15.3. The minimum atomic E-state index is -4.53. The van der Waals surface area contributed by atoms with Crippen LogP contribution in [0.5, 0.6) is 0 Å². The third-order valence-corrected chi connectivity index (χ3v) is 7.08. The van der Waals surface area contributed by atoms with Crippen LogP contribution in [0, 0.1) is 22.7 Å². The maximum absolute atomic E-state index is 13.2. The largest absolute Gasteiger partial charge is 0.417 e. The Labute approximate surface area is 183 Å². The third kappa shape index (κ3) is 3.70. The highest BCUT2D eigenvalue weighted by Gasteiger charge is 2.54. The molecule has 0 bridgehead atoms. The van der Waals surface area contributed by atoms with Gasteiger partial charge in [0.1, 0.15) is 12.2 Å². The fourth-order valence-electron chi connectivity index (χ4n) is 5.62. The topological polar surface area (TPSA) is 88.9 Å². The van der Waals surface area contributed by atoms with Crippen LogP contribution in [0.2, 0.25) is 0 Å². The van der Waals surface area contributed by atoms with E-state index >= 15 is 0 Å². The number of amides is 2. The van der Waals surface area contributed by atoms with Gasteiger partial charge in [0.2, 0.25) is 0 Å². The summed E-state index contributed by atoms with van der Waals surface area (Å²) >= 11 is 0. The molecule has 1 atom stereocenters. The van der Waals surface area contributed by atoms with Crippen LogP contribution >= 0.6 is 0 Å². The summed E-state index contributed by atoms with van der Waals surface area (Å²) in [6.07, 6.45) is 0.214. The molecule has 7 nitrogen and oxygen atoms in total. The first kappa shape index (κ1) is 20.8. The minimum Gasteiger partial charge on any atom is -0.324 e. The van der Waals surface area contributed by atoms with E-state index in [0.717, 1.165) is 31.2 Å². The molecular formula is C22H23F3N6O. The molecule has 5 rings (SSSR count). The molecule has 1 aliphatic carbocycles. The summed E-state index contributed by atoms with van der Waals surface area (Å²) in [4.78, 5) is 20.7. The molecule has 1 spiro atoms. The molecule has 2 aromatic rings. The molecule has 168 valence electrons. The second-order valence-electron chi connectivity index (χ2n) is 9.41. The van der Waals surface area contributed by atoms with E-state index < -0.39 is 11.7 Å². The molecular weight excluding hydrogens is 421 g/mol. The smallest absolute Gasteiger partial charge is 0.324 e. The van der Waals surface area contributed by atoms with Crippen molar-refractivity contribution in [1.29, 1.82) is 5.26 Å². The van der Waals surface area contributed by atoms with Crippen LogP contribution in [-0.2, 0) is 12.6 Å². The summed E-state index contributed by atoms with van der Waals surface area (Å²) in [5.41, 5.74) is -0.476. The number of nitriles is 1. The number of aromatic amines is 1. The molecule has 0 radical (unpaired) electrons. The van der Waals surface area contributed by atoms with E-state index in [1.54, 1.807) is 12.1 Å². The number of likely N-dealkylation sites (tertiary alicyclic amines) is 2. The molecule has 32 heavy (non-hydrogen) atoms. The zero-order valence-electron chi connectivity index (χ0n) is 17.4. The number of nitrogens with one attached hydrogen (secondary N) is 1. The second-order valence-corrected chi connectivity index (χ2v) is 9.41. The van der Waals surface area contributed by atoms with Gasteiger partial charge < -0.3 is 9.80 Å². The van der Waals surface area contributed by atoms with Crippen LogP contribution in [0.15, 0.2) is 24.5 Å². The predicted molar refractivity (Wildman–Crippen MR) is 107 cm³/mol. The Morgan fingerprint density at radius 1 is 1.28 bits per heavy atom. The van der Waals surface area contributed by atoms with Gasteiger partial charge in [0.05, 0.1) is 17.2 Å². The lowest BCUT2D eigenvalue weighted by Gasteiger charge is -2.59. The summed E-state index contributed by atoms with van der Waals surface area (Å²) in [6.45, 7) is 2.77. The van der Waals surface area contributed by atoms with E-state index in [-0.39, 0.29) is 22.9 Å². The van der Waals surface area contributed by atoms with Crippen molar-refractivity contribution in [2.24, 2.45) is 11.3 Å². The zero-order chi connectivity index (χ0) is 22.5. The average molecular weight is 444 g/mol. The van der Waals surface area contributed by atoms with Crippen molar-refractivity contribution in [2.75, 3.05) is 26.2 Å². The van der Waals surface area contributed by atoms with Crippen LogP contribution in [0.1, 0.15) is 47.7 Å². The van der Waals surface area contributed by atoms with Gasteiger partial charge in [-0.25, -0.2) is 9.78 Å². The lowest BCUT2D eigenvalue weighted by molar-refractivity contribution is -0.137. The van der Waals surface area contributed by atoms with Gasteiger partial charge in [-0.05, 0) is 49.3 Å². The first-order valence-corrected chi connectivity index (χ1v) is 10.8. The Hall–Kier alpha value is -3.09. The van der Waals surface area contributed by atoms with Crippen molar-refractivity contribution in [2.45, 2.75) is 37.8 Å². The van der Waals surface area contributed by atoms with Gasteiger partial charge in [-0.3, -0.25) is 5.10 Å². The van der Waals surface area contributed by atoms with Crippen molar-refractivity contribution in [3.8, 4) is 6.07 Å². The maximum Gasteiger partial charge on any atom is 0.417 e. The van der Waals surface area contributed by atoms with Crippen molar-refractivity contribution >= 4 is 6.03 Å². The van der Waals surface area contributed by atoms with Gasteiger partial charge in [0.15, 0.2) is 0 Å². The van der Waals surface area contributed by atoms with Crippen molar-refractivity contribution in [3.63, 3.8) is 0 Å². The van der Waals surface area contributed by atoms with Crippen LogP contribution in [0.25, 0.3) is 0 Å². The number of urea groups is 1. The van der Waals surface area contributed by atoms with Crippen molar-refractivity contribution in [3.05, 3.63) is 47.0 Å². The number of carbonyl (C=O) groups is 1. The summed E-state index contributed by atoms with van der Waals surface area (Å²) in [5, 5.41) is 15.7. The maximum atomic E-state index is 13.2. The van der Waals surface area contributed by atoms with Crippen LogP contribution in [0.4, 0.5) is 18.0 Å². The summed E-state index contributed by atoms with van der Waals surface area (Å²) in [7, 11) is 0. The molecule has 0 unspecified atom stereocenters. The fraction of sp³-hybridized carbons (Fsp3) is 0.545. The Morgan fingerprint density at radius 2 is 2.06 bits per heavy atom. The van der Waals surface area contributed by atoms with Gasteiger partial charge in [-0.1, -0.05) is 6.07 Å². The second kappa shape index (κ2) is 7.50. The van der Waals surface area contributed by atoms with E-state index in [0.29, 0.717) is 44.1 Å². The van der Waals surface area contributed by atoms with Crippen molar-refractivity contribution in [1.82, 2.24) is 25.0 Å². The molecule has 1 aromatic carbocycles. The Morgan fingerprint density at radius 3 is 2.72 bits per heavy atom. The number of carbonyl (C=O) groups excluding carboxylic acids is 1. The molecule has 3 heterocycles. The summed E-state index contributed by atoms with van der Waals surface area (Å²) in [5.74, 6) is 1.32. The number of alkyl halides is 3. The Kier molecular flexibility index (Phi) is 4.87. The highest BCUT2D eigenvalue weighted by atomic mass is 19.4. The van der Waals surface area contributed by atoms with Crippen molar-refractivity contribution < 1.29 is 18.0 Å². The molecule has 3 aliphatic rings. The van der Waals surface area contributed by atoms with Crippen LogP contribution in [-0.4, -0.2) is 57.2 Å². The van der Waals surface area contributed by atoms with E-state index in [1.807, 2.05) is 9.80 Å². The molecule has 2 aliphatic heterocycles. The Bertz CT molecular complexity index is 1050. The van der Waals surface area contributed by atoms with Gasteiger partial charge in [-0.15, -0.1) is 0 Å². The molecule has 3 fully saturated rings. The Balaban J connectivity index is 1.12. The van der Waals surface area contributed by atoms with Gasteiger partial charge in [-0.2, -0.15) is 23.5 Å². The SMILES string of the molecule is N#Cc1ccc(CC2CC3(C2)CN(C(=O)N2CC[C@H](c4ncn[nH]4)C2)C3)cc1C(F)(F)F. The van der Waals surface area contributed by atoms with E-state index in [9.17, 15) is 18.0 Å². The predicted octanol–water partition coefficient (Wildman–Crippen LogP) is 3.56. The number of H-pyrrole nitrogens is 1. The molecule has 10 heteroatoms. The highest BCUT2D eigenvalue weighted by Crippen LogP contribution is 2.53. The van der Waals surface area contributed by atoms with Crippen LogP contribution in [0.3, 0.4) is 0 Å². The van der Waals surface area contributed by atoms with Gasteiger partial charge in [0, 0.05) is 37.5 Å². The number of hydrogen-bond donors (Lipinski definition) is 1. The number of hydrogen-bond acceptors (Lipinski definition) is 4. The lowest BCUT2D eigenvalue weighted by atomic mass is 9.56. The number of aromatic nitrogens is 3. The quantitative estimate of drug-likeness (QED) is 0.784. The molecule has 2 amide bonds. The lowest BCUT2D eigenvalue weighted by Crippen LogP contribution is -2.65. The van der Waals surface area contributed by atoms with E-state index in [4.69, 9.17) is 5.26 Å². The fourth-order valence-corrected chi connectivity index (χ4v) is 5.62. The molecule has 1 saturated carbocycles. The normalized spacial score (nSPS) is 22.5.